The fraction of sp³-hybridized carbons (Fsp3) is 0.222. The number of aromatic nitrogens is 3. The van der Waals surface area contributed by atoms with Crippen LogP contribution in [0.4, 0.5) is 0 Å². The molecule has 0 bridgehead atoms. The first kappa shape index (κ1) is 14.0. The maximum atomic E-state index is 11.7. The number of halogens is 1. The maximum absolute atomic E-state index is 11.7. The average molecular weight is 292 g/mol. The van der Waals surface area contributed by atoms with Gasteiger partial charge in [-0.1, -0.05) is 0 Å². The molecule has 0 saturated heterocycles. The van der Waals surface area contributed by atoms with E-state index >= 15 is 0 Å². The fourth-order valence-corrected chi connectivity index (χ4v) is 1.85. The first-order valence-electron chi connectivity index (χ1n) is 4.41. The number of hydrogen-bond acceptors (Lipinski definition) is 4. The van der Waals surface area contributed by atoms with Crippen LogP contribution >= 0.6 is 15.9 Å². The molecule has 0 atom stereocenters. The Kier molecular flexibility index (Phi) is 4.20. The summed E-state index contributed by atoms with van der Waals surface area (Å²) in [4.78, 5) is 26.3. The predicted octanol–water partition coefficient (Wildman–Crippen LogP) is -3.75. The van der Waals surface area contributed by atoms with Gasteiger partial charge < -0.3 is 9.90 Å². The van der Waals surface area contributed by atoms with Crippen LogP contribution < -0.4 is 29.7 Å². The maximum Gasteiger partial charge on any atom is 1.00 e. The van der Waals surface area contributed by atoms with E-state index in [2.05, 4.69) is 20.9 Å². The van der Waals surface area contributed by atoms with Crippen LogP contribution in [-0.4, -0.2) is 20.1 Å². The summed E-state index contributed by atoms with van der Waals surface area (Å²) in [7, 11) is 1.54. The van der Waals surface area contributed by atoms with Crippen molar-refractivity contribution in [2.45, 2.75) is 6.54 Å². The third-order valence-corrected chi connectivity index (χ3v) is 2.66. The molecule has 6 nitrogen and oxygen atoms in total. The van der Waals surface area contributed by atoms with Crippen LogP contribution in [0.2, 0.25) is 0 Å². The average Bonchev–Trinajstić information content (AvgIpc) is 2.43. The minimum Gasteiger partial charge on any atom is -0.548 e. The summed E-state index contributed by atoms with van der Waals surface area (Å²) in [6, 6.07) is 1.65. The van der Waals surface area contributed by atoms with Crippen molar-refractivity contribution in [3.05, 3.63) is 27.2 Å². The molecule has 0 saturated carbocycles. The second-order valence-electron chi connectivity index (χ2n) is 3.30. The zero-order chi connectivity index (χ0) is 11.9. The zero-order valence-corrected chi connectivity index (χ0v) is 10.9. The molecule has 8 heteroatoms. The molecule has 2 aromatic heterocycles. The number of fused-ring (bicyclic) bond motifs is 1. The number of hydrogen-bond donors (Lipinski definition) is 0. The molecule has 0 fully saturated rings. The van der Waals surface area contributed by atoms with E-state index in [1.165, 1.54) is 11.6 Å². The van der Waals surface area contributed by atoms with Gasteiger partial charge in [0.25, 0.3) is 0 Å². The molecule has 0 radical (unpaired) electrons. The van der Waals surface area contributed by atoms with Gasteiger partial charge in [0, 0.05) is 17.7 Å². The van der Waals surface area contributed by atoms with E-state index in [1.807, 2.05) is 0 Å². The summed E-state index contributed by atoms with van der Waals surface area (Å²) in [6.07, 6.45) is 1.55. The van der Waals surface area contributed by atoms with Gasteiger partial charge >= 0.3 is 24.6 Å². The molecule has 0 N–H and O–H groups in total. The van der Waals surface area contributed by atoms with Crippen molar-refractivity contribution in [3.8, 4) is 0 Å². The summed E-state index contributed by atoms with van der Waals surface area (Å²) in [5.74, 6) is -1.31. The molecule has 0 amide bonds. The van der Waals surface area contributed by atoms with E-state index < -0.39 is 18.2 Å². The number of nitrogens with zero attached hydrogens (tertiary/aromatic N) is 3. The molecular formula is C9H7BrLiN3O3. The molecule has 0 aliphatic heterocycles. The van der Waals surface area contributed by atoms with Crippen LogP contribution in [0.15, 0.2) is 21.5 Å². The molecule has 0 spiro atoms. The van der Waals surface area contributed by atoms with Gasteiger partial charge in [0.2, 0.25) is 0 Å². The molecule has 0 unspecified atom stereocenters. The standard InChI is InChI=1S/C9H8BrN3O3.Li/c1-12-8-6(2-5(10)3-11-8)13(9(12)16)4-7(14)15;/h2-3H,4H2,1H3,(H,14,15);/q;+1/p-1. The summed E-state index contributed by atoms with van der Waals surface area (Å²) in [5.41, 5.74) is 0.477. The Labute approximate surface area is 117 Å². The van der Waals surface area contributed by atoms with Gasteiger partial charge in [-0.2, -0.15) is 0 Å². The Morgan fingerprint density at radius 3 is 2.82 bits per heavy atom. The quantitative estimate of drug-likeness (QED) is 0.533. The third-order valence-electron chi connectivity index (χ3n) is 2.23. The molecule has 2 heterocycles. The number of aliphatic carboxylic acids is 1. The van der Waals surface area contributed by atoms with Gasteiger partial charge in [-0.05, 0) is 22.0 Å². The first-order chi connectivity index (χ1) is 7.50. The van der Waals surface area contributed by atoms with Crippen molar-refractivity contribution in [2.24, 2.45) is 7.05 Å². The number of pyridine rings is 1. The van der Waals surface area contributed by atoms with Crippen LogP contribution in [0.1, 0.15) is 0 Å². The number of carboxylic acids is 1. The molecule has 17 heavy (non-hydrogen) atoms. The molecule has 0 aliphatic carbocycles. The van der Waals surface area contributed by atoms with E-state index in [4.69, 9.17) is 0 Å². The van der Waals surface area contributed by atoms with Crippen molar-refractivity contribution < 1.29 is 28.8 Å². The Morgan fingerprint density at radius 2 is 2.24 bits per heavy atom. The molecule has 2 rings (SSSR count). The molecule has 84 valence electrons. The van der Waals surface area contributed by atoms with Gasteiger partial charge in [0.05, 0.1) is 18.0 Å². The predicted molar refractivity (Wildman–Crippen MR) is 57.7 cm³/mol. The van der Waals surface area contributed by atoms with Crippen molar-refractivity contribution in [1.82, 2.24) is 14.1 Å². The molecule has 0 aliphatic rings. The van der Waals surface area contributed by atoms with E-state index in [0.717, 1.165) is 4.57 Å². The van der Waals surface area contributed by atoms with Crippen LogP contribution in [0.5, 0.6) is 0 Å². The zero-order valence-electron chi connectivity index (χ0n) is 9.31. The van der Waals surface area contributed by atoms with Crippen molar-refractivity contribution in [1.29, 1.82) is 0 Å². The normalized spacial score (nSPS) is 10.2. The van der Waals surface area contributed by atoms with E-state index in [1.54, 1.807) is 12.3 Å². The summed E-state index contributed by atoms with van der Waals surface area (Å²) >= 11 is 3.22. The van der Waals surface area contributed by atoms with E-state index in [-0.39, 0.29) is 18.9 Å². The van der Waals surface area contributed by atoms with E-state index in [0.29, 0.717) is 15.6 Å². The Hall–Kier alpha value is -1.03. The van der Waals surface area contributed by atoms with Crippen molar-refractivity contribution >= 4 is 33.1 Å². The Balaban J connectivity index is 0.00000144. The number of carbonyl (C=O) groups excluding carboxylic acids is 1. The van der Waals surface area contributed by atoms with Gasteiger partial charge in [-0.15, -0.1) is 0 Å². The second kappa shape index (κ2) is 5.08. The van der Waals surface area contributed by atoms with Gasteiger partial charge in [-0.25, -0.2) is 9.78 Å². The third kappa shape index (κ3) is 2.46. The number of aryl methyl sites for hydroxylation is 1. The second-order valence-corrected chi connectivity index (χ2v) is 4.21. The number of imidazole rings is 1. The Morgan fingerprint density at radius 1 is 1.59 bits per heavy atom. The van der Waals surface area contributed by atoms with Crippen molar-refractivity contribution in [2.75, 3.05) is 0 Å². The Bertz CT molecular complexity index is 634. The smallest absolute Gasteiger partial charge is 0.548 e. The van der Waals surface area contributed by atoms with Crippen LogP contribution in [0.25, 0.3) is 11.2 Å². The molecule has 0 aromatic carbocycles. The summed E-state index contributed by atoms with van der Waals surface area (Å²) in [6.45, 7) is -0.478. The summed E-state index contributed by atoms with van der Waals surface area (Å²) < 4.78 is 3.09. The van der Waals surface area contributed by atoms with Gasteiger partial charge in [-0.3, -0.25) is 9.13 Å². The van der Waals surface area contributed by atoms with Gasteiger partial charge in [0.1, 0.15) is 0 Å². The number of carboxylic acid groups (broad SMARTS) is 1. The fourth-order valence-electron chi connectivity index (χ4n) is 1.54. The van der Waals surface area contributed by atoms with Crippen LogP contribution in [0, 0.1) is 0 Å². The largest absolute Gasteiger partial charge is 1.00 e. The number of carbonyl (C=O) groups is 1. The van der Waals surface area contributed by atoms with Crippen LogP contribution in [0.3, 0.4) is 0 Å². The monoisotopic (exact) mass is 291 g/mol. The summed E-state index contributed by atoms with van der Waals surface area (Å²) in [5, 5.41) is 10.5. The topological polar surface area (TPSA) is 80.0 Å². The number of rotatable bonds is 2. The van der Waals surface area contributed by atoms with E-state index in [9.17, 15) is 14.7 Å². The minimum absolute atomic E-state index is 0. The van der Waals surface area contributed by atoms with Crippen molar-refractivity contribution in [3.63, 3.8) is 0 Å². The first-order valence-corrected chi connectivity index (χ1v) is 5.20. The SMILES string of the molecule is Cn1c(=O)n(CC(=O)[O-])c2cc(Br)cnc21.[Li+]. The van der Waals surface area contributed by atoms with Gasteiger partial charge in [0.15, 0.2) is 5.65 Å². The molecular weight excluding hydrogens is 285 g/mol. The van der Waals surface area contributed by atoms with Crippen LogP contribution in [-0.2, 0) is 18.4 Å². The minimum atomic E-state index is -1.31. The molecule has 2 aromatic rings.